The number of carboxylic acid groups (broad SMARTS) is 1. The number of rotatable bonds is 2. The second-order valence-electron chi connectivity index (χ2n) is 4.04. The Morgan fingerprint density at radius 2 is 1.50 bits per heavy atom. The number of allylic oxidation sites excluding steroid dienone is 1. The van der Waals surface area contributed by atoms with Crippen LogP contribution in [0, 0.1) is 20.8 Å². The Kier molecular flexibility index (Phi) is 3.38. The van der Waals surface area contributed by atoms with Crippen molar-refractivity contribution in [2.45, 2.75) is 27.7 Å². The van der Waals surface area contributed by atoms with E-state index in [1.807, 2.05) is 32.9 Å². The topological polar surface area (TPSA) is 57.5 Å². The van der Waals surface area contributed by atoms with E-state index in [4.69, 9.17) is 5.11 Å². The summed E-state index contributed by atoms with van der Waals surface area (Å²) in [4.78, 5) is 11.1. The number of hydrogen-bond acceptors (Lipinski definition) is 2. The van der Waals surface area contributed by atoms with Gasteiger partial charge in [-0.25, -0.2) is 4.79 Å². The first-order valence-corrected chi connectivity index (χ1v) is 5.06. The van der Waals surface area contributed by atoms with Crippen molar-refractivity contribution in [3.8, 4) is 0 Å². The van der Waals surface area contributed by atoms with Gasteiger partial charge >= 0.3 is 5.97 Å². The van der Waals surface area contributed by atoms with Crippen LogP contribution < -0.4 is 0 Å². The Hall–Kier alpha value is -1.77. The third-order valence-electron chi connectivity index (χ3n) is 2.50. The van der Waals surface area contributed by atoms with E-state index in [-0.39, 0.29) is 11.3 Å². The van der Waals surface area contributed by atoms with E-state index in [1.54, 1.807) is 0 Å². The van der Waals surface area contributed by atoms with Crippen LogP contribution in [0.2, 0.25) is 0 Å². The lowest BCUT2D eigenvalue weighted by molar-refractivity contribution is -0.130. The minimum Gasteiger partial charge on any atom is -0.512 e. The predicted molar refractivity (Wildman–Crippen MR) is 63.5 cm³/mol. The van der Waals surface area contributed by atoms with Crippen LogP contribution >= 0.6 is 0 Å². The Balaban J connectivity index is 3.55. The monoisotopic (exact) mass is 220 g/mol. The van der Waals surface area contributed by atoms with Gasteiger partial charge < -0.3 is 10.2 Å². The average Bonchev–Trinajstić information content (AvgIpc) is 2.09. The quantitative estimate of drug-likeness (QED) is 0.595. The zero-order valence-electron chi connectivity index (χ0n) is 9.96. The van der Waals surface area contributed by atoms with Crippen LogP contribution in [-0.2, 0) is 4.79 Å². The number of carbonyl (C=O) groups is 1. The summed E-state index contributed by atoms with van der Waals surface area (Å²) in [6.45, 7) is 7.05. The van der Waals surface area contributed by atoms with Gasteiger partial charge in [-0.05, 0) is 44.4 Å². The number of benzene rings is 1. The molecule has 0 unspecified atom stereocenters. The minimum absolute atomic E-state index is 0.0185. The van der Waals surface area contributed by atoms with Crippen molar-refractivity contribution >= 4 is 11.5 Å². The van der Waals surface area contributed by atoms with E-state index < -0.39 is 5.97 Å². The van der Waals surface area contributed by atoms with Gasteiger partial charge in [-0.1, -0.05) is 17.7 Å². The molecule has 2 N–H and O–H groups in total. The van der Waals surface area contributed by atoms with Crippen molar-refractivity contribution < 1.29 is 15.0 Å². The Bertz CT molecular complexity index is 443. The summed E-state index contributed by atoms with van der Waals surface area (Å²) in [7, 11) is 0. The van der Waals surface area contributed by atoms with Gasteiger partial charge in [0.2, 0.25) is 0 Å². The van der Waals surface area contributed by atoms with Crippen LogP contribution in [0.5, 0.6) is 0 Å². The van der Waals surface area contributed by atoms with Gasteiger partial charge in [0, 0.05) is 0 Å². The molecule has 0 fully saturated rings. The molecular formula is C13H16O3. The molecule has 1 rings (SSSR count). The van der Waals surface area contributed by atoms with Crippen molar-refractivity contribution in [2.75, 3.05) is 0 Å². The smallest absolute Gasteiger partial charge is 0.339 e. The van der Waals surface area contributed by atoms with Gasteiger partial charge in [0.25, 0.3) is 0 Å². The molecule has 0 aliphatic carbocycles. The lowest BCUT2D eigenvalue weighted by Gasteiger charge is -2.12. The molecule has 16 heavy (non-hydrogen) atoms. The molecule has 3 nitrogen and oxygen atoms in total. The number of aliphatic carboxylic acids is 1. The molecule has 86 valence electrons. The Morgan fingerprint density at radius 3 is 1.81 bits per heavy atom. The van der Waals surface area contributed by atoms with E-state index in [2.05, 4.69) is 0 Å². The molecule has 0 amide bonds. The first kappa shape index (κ1) is 12.3. The molecule has 3 heteroatoms. The summed E-state index contributed by atoms with van der Waals surface area (Å²) in [5.74, 6) is -1.27. The Morgan fingerprint density at radius 1 is 1.06 bits per heavy atom. The maximum atomic E-state index is 11.1. The number of aliphatic hydroxyl groups excluding tert-OH is 1. The van der Waals surface area contributed by atoms with Crippen molar-refractivity contribution in [1.82, 2.24) is 0 Å². The van der Waals surface area contributed by atoms with E-state index in [9.17, 15) is 9.90 Å². The zero-order chi connectivity index (χ0) is 12.5. The van der Waals surface area contributed by atoms with Gasteiger partial charge in [-0.2, -0.15) is 0 Å². The molecular weight excluding hydrogens is 204 g/mol. The standard InChI is InChI=1S/C13H16O3/c1-7-5-8(2)11(9(3)6-7)12(10(4)14)13(15)16/h5-6,14H,1-4H3,(H,15,16)/b12-10-. The molecule has 1 aromatic rings. The minimum atomic E-state index is -1.10. The Labute approximate surface area is 95.0 Å². The second kappa shape index (κ2) is 4.39. The fraction of sp³-hybridized carbons (Fsp3) is 0.308. The molecule has 0 bridgehead atoms. The molecule has 0 saturated carbocycles. The van der Waals surface area contributed by atoms with Gasteiger partial charge in [-0.15, -0.1) is 0 Å². The molecule has 1 aromatic carbocycles. The molecule has 0 saturated heterocycles. The van der Waals surface area contributed by atoms with Crippen molar-refractivity contribution in [3.63, 3.8) is 0 Å². The predicted octanol–water partition coefficient (Wildman–Crippen LogP) is 2.99. The van der Waals surface area contributed by atoms with Crippen molar-refractivity contribution in [3.05, 3.63) is 40.1 Å². The number of aryl methyl sites for hydroxylation is 3. The van der Waals surface area contributed by atoms with Gasteiger partial charge in [-0.3, -0.25) is 0 Å². The molecule has 0 radical (unpaired) electrons. The zero-order valence-corrected chi connectivity index (χ0v) is 9.96. The molecule has 0 aliphatic heterocycles. The SMILES string of the molecule is C/C(O)=C(/C(=O)O)c1c(C)cc(C)cc1C. The van der Waals surface area contributed by atoms with Crippen LogP contribution in [0.25, 0.3) is 5.57 Å². The van der Waals surface area contributed by atoms with Crippen LogP contribution in [0.15, 0.2) is 17.9 Å². The highest BCUT2D eigenvalue weighted by Gasteiger charge is 2.18. The van der Waals surface area contributed by atoms with Crippen LogP contribution in [0.1, 0.15) is 29.2 Å². The number of aliphatic hydroxyl groups is 1. The number of hydrogen-bond donors (Lipinski definition) is 2. The van der Waals surface area contributed by atoms with Crippen molar-refractivity contribution in [2.24, 2.45) is 0 Å². The molecule has 0 aliphatic rings. The van der Waals surface area contributed by atoms with Crippen LogP contribution in [0.3, 0.4) is 0 Å². The van der Waals surface area contributed by atoms with Crippen molar-refractivity contribution in [1.29, 1.82) is 0 Å². The maximum absolute atomic E-state index is 11.1. The maximum Gasteiger partial charge on any atom is 0.339 e. The summed E-state index contributed by atoms with van der Waals surface area (Å²) in [6.07, 6.45) is 0. The average molecular weight is 220 g/mol. The largest absolute Gasteiger partial charge is 0.512 e. The number of carboxylic acids is 1. The van der Waals surface area contributed by atoms with Crippen LogP contribution in [-0.4, -0.2) is 16.2 Å². The fourth-order valence-electron chi connectivity index (χ4n) is 2.02. The molecule has 0 aromatic heterocycles. The third-order valence-corrected chi connectivity index (χ3v) is 2.50. The van der Waals surface area contributed by atoms with E-state index in [1.165, 1.54) is 6.92 Å². The highest BCUT2D eigenvalue weighted by Crippen LogP contribution is 2.26. The van der Waals surface area contributed by atoms with E-state index in [0.29, 0.717) is 5.56 Å². The van der Waals surface area contributed by atoms with Gasteiger partial charge in [0.05, 0.1) is 0 Å². The van der Waals surface area contributed by atoms with Crippen LogP contribution in [0.4, 0.5) is 0 Å². The van der Waals surface area contributed by atoms with Gasteiger partial charge in [0.1, 0.15) is 11.3 Å². The second-order valence-corrected chi connectivity index (χ2v) is 4.04. The molecule has 0 heterocycles. The van der Waals surface area contributed by atoms with E-state index >= 15 is 0 Å². The molecule has 0 atom stereocenters. The summed E-state index contributed by atoms with van der Waals surface area (Å²) in [5, 5.41) is 18.6. The highest BCUT2D eigenvalue weighted by molar-refractivity contribution is 6.16. The summed E-state index contributed by atoms with van der Waals surface area (Å²) < 4.78 is 0. The summed E-state index contributed by atoms with van der Waals surface area (Å²) in [6, 6.07) is 3.82. The first-order chi connectivity index (χ1) is 7.34. The lowest BCUT2D eigenvalue weighted by Crippen LogP contribution is -2.06. The fourth-order valence-corrected chi connectivity index (χ4v) is 2.02. The summed E-state index contributed by atoms with van der Waals surface area (Å²) in [5.41, 5.74) is 3.40. The third kappa shape index (κ3) is 2.24. The highest BCUT2D eigenvalue weighted by atomic mass is 16.4. The normalized spacial score (nSPS) is 12.2. The summed E-state index contributed by atoms with van der Waals surface area (Å²) >= 11 is 0. The van der Waals surface area contributed by atoms with Gasteiger partial charge in [0.15, 0.2) is 0 Å². The first-order valence-electron chi connectivity index (χ1n) is 5.06. The molecule has 0 spiro atoms. The van der Waals surface area contributed by atoms with E-state index in [0.717, 1.165) is 16.7 Å². The lowest BCUT2D eigenvalue weighted by atomic mass is 9.93.